The average Bonchev–Trinajstić information content (AvgIpc) is 2.83. The second kappa shape index (κ2) is 4.99. The molecule has 0 saturated carbocycles. The maximum Gasteiger partial charge on any atom is 0.216 e. The van der Waals surface area contributed by atoms with Gasteiger partial charge in [0.1, 0.15) is 0 Å². The second-order valence-electron chi connectivity index (χ2n) is 5.25. The van der Waals surface area contributed by atoms with Crippen molar-refractivity contribution in [2.75, 3.05) is 13.1 Å². The number of hydrogen-bond donors (Lipinski definition) is 2. The van der Waals surface area contributed by atoms with Crippen LogP contribution in [-0.4, -0.2) is 26.8 Å². The molecule has 2 N–H and O–H groups in total. The van der Waals surface area contributed by atoms with E-state index >= 15 is 0 Å². The van der Waals surface area contributed by atoms with Crippen molar-refractivity contribution in [2.45, 2.75) is 31.1 Å². The Morgan fingerprint density at radius 2 is 1.94 bits per heavy atom. The van der Waals surface area contributed by atoms with E-state index in [-0.39, 0.29) is 5.25 Å². The average molecular weight is 268 g/mol. The predicted octanol–water partition coefficient (Wildman–Crippen LogP) is 1.20. The van der Waals surface area contributed by atoms with Crippen molar-refractivity contribution in [1.82, 2.24) is 10.0 Å². The summed E-state index contributed by atoms with van der Waals surface area (Å²) in [4.78, 5) is 0. The smallest absolute Gasteiger partial charge is 0.216 e. The molecular weight excluding hydrogens is 248 g/mol. The molecule has 0 radical (unpaired) electrons. The summed E-state index contributed by atoms with van der Waals surface area (Å²) in [6, 6.07) is 9.64. The van der Waals surface area contributed by atoms with Crippen LogP contribution < -0.4 is 10.0 Å². The van der Waals surface area contributed by atoms with Gasteiger partial charge in [0.05, 0.1) is 10.8 Å². The van der Waals surface area contributed by atoms with E-state index in [4.69, 9.17) is 0 Å². The highest BCUT2D eigenvalue weighted by atomic mass is 32.2. The monoisotopic (exact) mass is 268 g/mol. The van der Waals surface area contributed by atoms with E-state index in [0.717, 1.165) is 12.1 Å². The number of nitrogens with one attached hydrogen (secondary N) is 2. The summed E-state index contributed by atoms with van der Waals surface area (Å²) in [5.41, 5.74) is 0.391. The van der Waals surface area contributed by atoms with Crippen LogP contribution in [0, 0.1) is 0 Å². The fraction of sp³-hybridized carbons (Fsp3) is 0.538. The Morgan fingerprint density at radius 3 is 2.50 bits per heavy atom. The molecule has 5 heteroatoms. The summed E-state index contributed by atoms with van der Waals surface area (Å²) >= 11 is 0. The summed E-state index contributed by atoms with van der Waals surface area (Å²) in [6.45, 7) is 5.10. The minimum Gasteiger partial charge on any atom is -0.315 e. The third kappa shape index (κ3) is 2.91. The molecule has 1 aliphatic heterocycles. The molecule has 1 aromatic carbocycles. The number of benzene rings is 1. The molecule has 2 rings (SSSR count). The second-order valence-corrected chi connectivity index (χ2v) is 7.21. The molecule has 0 bridgehead atoms. The van der Waals surface area contributed by atoms with Gasteiger partial charge in [-0.15, -0.1) is 0 Å². The molecule has 0 amide bonds. The number of sulfonamides is 1. The van der Waals surface area contributed by atoms with Crippen LogP contribution in [0.2, 0.25) is 0 Å². The Labute approximate surface area is 109 Å². The first kappa shape index (κ1) is 13.5. The molecule has 1 fully saturated rings. The Hall–Kier alpha value is -0.910. The lowest BCUT2D eigenvalue weighted by molar-refractivity contribution is 0.466. The Balaban J connectivity index is 2.17. The lowest BCUT2D eigenvalue weighted by Gasteiger charge is -2.28. The molecule has 1 unspecified atom stereocenters. The number of hydrogen-bond acceptors (Lipinski definition) is 3. The van der Waals surface area contributed by atoms with Crippen molar-refractivity contribution >= 4 is 10.0 Å². The van der Waals surface area contributed by atoms with Crippen LogP contribution in [0.3, 0.4) is 0 Å². The van der Waals surface area contributed by atoms with Gasteiger partial charge in [0.25, 0.3) is 0 Å². The number of rotatable bonds is 4. The van der Waals surface area contributed by atoms with Gasteiger partial charge in [-0.2, -0.15) is 0 Å². The minimum atomic E-state index is -3.28. The summed E-state index contributed by atoms with van der Waals surface area (Å²) in [7, 11) is -3.28. The van der Waals surface area contributed by atoms with Gasteiger partial charge < -0.3 is 5.32 Å². The molecule has 1 saturated heterocycles. The predicted molar refractivity (Wildman–Crippen MR) is 72.8 cm³/mol. The van der Waals surface area contributed by atoms with Crippen molar-refractivity contribution in [3.63, 3.8) is 0 Å². The minimum absolute atomic E-state index is 0.319. The molecular formula is C13H20N2O2S. The standard InChI is InChI=1S/C13H20N2O2S/c1-13(2,11-6-4-3-5-7-11)15-18(16,17)12-8-9-14-10-12/h3-7,12,14-15H,8-10H2,1-2H3. The lowest BCUT2D eigenvalue weighted by atomic mass is 9.96. The van der Waals surface area contributed by atoms with Crippen LogP contribution >= 0.6 is 0 Å². The molecule has 4 nitrogen and oxygen atoms in total. The summed E-state index contributed by atoms with van der Waals surface area (Å²) in [5, 5.41) is 2.77. The van der Waals surface area contributed by atoms with Crippen LogP contribution in [0.5, 0.6) is 0 Å². The van der Waals surface area contributed by atoms with Gasteiger partial charge in [0.15, 0.2) is 0 Å². The Morgan fingerprint density at radius 1 is 1.28 bits per heavy atom. The van der Waals surface area contributed by atoms with Crippen LogP contribution in [0.25, 0.3) is 0 Å². The summed E-state index contributed by atoms with van der Waals surface area (Å²) < 4.78 is 27.4. The van der Waals surface area contributed by atoms with Gasteiger partial charge in [0, 0.05) is 6.54 Å². The first-order valence-electron chi connectivity index (χ1n) is 6.21. The molecule has 100 valence electrons. The van der Waals surface area contributed by atoms with E-state index in [1.165, 1.54) is 0 Å². The molecule has 0 aliphatic carbocycles. The van der Waals surface area contributed by atoms with Gasteiger partial charge >= 0.3 is 0 Å². The fourth-order valence-corrected chi connectivity index (χ4v) is 4.01. The molecule has 0 aromatic heterocycles. The van der Waals surface area contributed by atoms with E-state index in [1.54, 1.807) is 0 Å². The first-order chi connectivity index (χ1) is 8.42. The molecule has 1 atom stereocenters. The first-order valence-corrected chi connectivity index (χ1v) is 7.75. The molecule has 1 aromatic rings. The van der Waals surface area contributed by atoms with E-state index in [2.05, 4.69) is 10.0 Å². The molecule has 0 spiro atoms. The van der Waals surface area contributed by atoms with Gasteiger partial charge in [-0.1, -0.05) is 30.3 Å². The zero-order chi connectivity index (χ0) is 13.2. The highest BCUT2D eigenvalue weighted by Gasteiger charge is 2.34. The van der Waals surface area contributed by atoms with Gasteiger partial charge in [-0.3, -0.25) is 0 Å². The fourth-order valence-electron chi connectivity index (χ4n) is 2.25. The van der Waals surface area contributed by atoms with Gasteiger partial charge in [0.2, 0.25) is 10.0 Å². The van der Waals surface area contributed by atoms with Gasteiger partial charge in [-0.05, 0) is 32.4 Å². The molecule has 1 heterocycles. The molecule has 18 heavy (non-hydrogen) atoms. The van der Waals surface area contributed by atoms with Crippen molar-refractivity contribution in [2.24, 2.45) is 0 Å². The Bertz CT molecular complexity index is 491. The third-order valence-corrected chi connectivity index (χ3v) is 5.42. The van der Waals surface area contributed by atoms with Crippen molar-refractivity contribution in [1.29, 1.82) is 0 Å². The van der Waals surface area contributed by atoms with Crippen molar-refractivity contribution in [3.05, 3.63) is 35.9 Å². The zero-order valence-corrected chi connectivity index (χ0v) is 11.6. The zero-order valence-electron chi connectivity index (χ0n) is 10.8. The third-order valence-electron chi connectivity index (χ3n) is 3.35. The van der Waals surface area contributed by atoms with Crippen LogP contribution in [0.4, 0.5) is 0 Å². The van der Waals surface area contributed by atoms with E-state index < -0.39 is 15.6 Å². The van der Waals surface area contributed by atoms with Crippen LogP contribution in [0.1, 0.15) is 25.8 Å². The quantitative estimate of drug-likeness (QED) is 0.863. The highest BCUT2D eigenvalue weighted by Crippen LogP contribution is 2.22. The summed E-state index contributed by atoms with van der Waals surface area (Å²) in [6.07, 6.45) is 0.681. The molecule has 1 aliphatic rings. The van der Waals surface area contributed by atoms with Crippen LogP contribution in [0.15, 0.2) is 30.3 Å². The van der Waals surface area contributed by atoms with Gasteiger partial charge in [-0.25, -0.2) is 13.1 Å². The van der Waals surface area contributed by atoms with E-state index in [9.17, 15) is 8.42 Å². The van der Waals surface area contributed by atoms with E-state index in [0.29, 0.717) is 13.0 Å². The lowest BCUT2D eigenvalue weighted by Crippen LogP contribution is -2.46. The normalized spacial score (nSPS) is 21.1. The van der Waals surface area contributed by atoms with Crippen molar-refractivity contribution < 1.29 is 8.42 Å². The maximum atomic E-state index is 12.3. The topological polar surface area (TPSA) is 58.2 Å². The van der Waals surface area contributed by atoms with Crippen LogP contribution in [-0.2, 0) is 15.6 Å². The van der Waals surface area contributed by atoms with Crippen molar-refractivity contribution in [3.8, 4) is 0 Å². The Kier molecular flexibility index (Phi) is 3.75. The largest absolute Gasteiger partial charge is 0.315 e. The summed E-state index contributed by atoms with van der Waals surface area (Å²) in [5.74, 6) is 0. The highest BCUT2D eigenvalue weighted by molar-refractivity contribution is 7.90. The SMILES string of the molecule is CC(C)(NS(=O)(=O)C1CCNC1)c1ccccc1. The maximum absolute atomic E-state index is 12.3. The van der Waals surface area contributed by atoms with E-state index in [1.807, 2.05) is 44.2 Å².